The lowest BCUT2D eigenvalue weighted by atomic mass is 9.68. The number of carboxylic acid groups (broad SMARTS) is 1. The molecule has 1 aromatic rings. The lowest BCUT2D eigenvalue weighted by molar-refractivity contribution is -0.145. The Labute approximate surface area is 108 Å². The van der Waals surface area contributed by atoms with Crippen LogP contribution in [-0.2, 0) is 23.1 Å². The molecule has 96 valence electrons. The lowest BCUT2D eigenvalue weighted by Gasteiger charge is -2.35. The zero-order valence-corrected chi connectivity index (χ0v) is 10.7. The molecule has 18 heavy (non-hydrogen) atoms. The summed E-state index contributed by atoms with van der Waals surface area (Å²) in [6.45, 7) is 0. The Morgan fingerprint density at radius 2 is 1.83 bits per heavy atom. The summed E-state index contributed by atoms with van der Waals surface area (Å²) in [6.07, 6.45) is 8.30. The Morgan fingerprint density at radius 1 is 1.06 bits per heavy atom. The van der Waals surface area contributed by atoms with Gasteiger partial charge in [0, 0.05) is 0 Å². The topological polar surface area (TPSA) is 37.3 Å². The highest BCUT2D eigenvalue weighted by Gasteiger charge is 2.43. The smallest absolute Gasteiger partial charge is 0.314 e. The molecular weight excluding hydrogens is 224 g/mol. The van der Waals surface area contributed by atoms with Crippen LogP contribution in [0.5, 0.6) is 0 Å². The van der Waals surface area contributed by atoms with Gasteiger partial charge >= 0.3 is 5.97 Å². The van der Waals surface area contributed by atoms with Gasteiger partial charge in [-0.2, -0.15) is 0 Å². The van der Waals surface area contributed by atoms with E-state index in [-0.39, 0.29) is 0 Å². The second-order valence-corrected chi connectivity index (χ2v) is 5.74. The first-order chi connectivity index (χ1) is 8.74. The fourth-order valence-corrected chi connectivity index (χ4v) is 3.82. The van der Waals surface area contributed by atoms with Crippen LogP contribution in [0.15, 0.2) is 18.2 Å². The molecule has 0 aliphatic heterocycles. The third-order valence-corrected chi connectivity index (χ3v) is 4.78. The van der Waals surface area contributed by atoms with Crippen LogP contribution in [0.1, 0.15) is 55.2 Å². The van der Waals surface area contributed by atoms with Crippen molar-refractivity contribution in [3.05, 3.63) is 34.9 Å². The zero-order chi connectivity index (χ0) is 12.6. The van der Waals surface area contributed by atoms with E-state index in [1.807, 2.05) is 0 Å². The minimum Gasteiger partial charge on any atom is -0.481 e. The van der Waals surface area contributed by atoms with Gasteiger partial charge in [0.1, 0.15) is 0 Å². The van der Waals surface area contributed by atoms with E-state index in [0.29, 0.717) is 0 Å². The number of benzene rings is 1. The van der Waals surface area contributed by atoms with E-state index in [1.165, 1.54) is 24.0 Å². The number of hydrogen-bond donors (Lipinski definition) is 1. The SMILES string of the molecule is O=C(O)C1(c2cccc3c2CCC3)CCCCC1. The normalized spacial score (nSPS) is 21.6. The number of aryl methyl sites for hydroxylation is 1. The lowest BCUT2D eigenvalue weighted by Crippen LogP contribution is -2.38. The summed E-state index contributed by atoms with van der Waals surface area (Å²) in [4.78, 5) is 11.9. The molecule has 0 amide bonds. The van der Waals surface area contributed by atoms with Gasteiger partial charge < -0.3 is 5.11 Å². The highest BCUT2D eigenvalue weighted by molar-refractivity contribution is 5.82. The van der Waals surface area contributed by atoms with Gasteiger partial charge in [0.15, 0.2) is 0 Å². The Morgan fingerprint density at radius 3 is 2.56 bits per heavy atom. The molecule has 0 radical (unpaired) electrons. The number of aliphatic carboxylic acids is 1. The second-order valence-electron chi connectivity index (χ2n) is 5.74. The van der Waals surface area contributed by atoms with Crippen LogP contribution in [-0.4, -0.2) is 11.1 Å². The first kappa shape index (κ1) is 11.8. The summed E-state index contributed by atoms with van der Waals surface area (Å²) in [6, 6.07) is 6.30. The van der Waals surface area contributed by atoms with Crippen LogP contribution in [0.25, 0.3) is 0 Å². The monoisotopic (exact) mass is 244 g/mol. The van der Waals surface area contributed by atoms with E-state index in [1.54, 1.807) is 0 Å². The molecule has 0 aromatic heterocycles. The van der Waals surface area contributed by atoms with Crippen LogP contribution in [0.4, 0.5) is 0 Å². The third kappa shape index (κ3) is 1.66. The van der Waals surface area contributed by atoms with E-state index in [9.17, 15) is 9.90 Å². The van der Waals surface area contributed by atoms with Crippen molar-refractivity contribution in [1.82, 2.24) is 0 Å². The van der Waals surface area contributed by atoms with Gasteiger partial charge in [-0.15, -0.1) is 0 Å². The predicted octanol–water partition coefficient (Wildman–Crippen LogP) is 3.46. The van der Waals surface area contributed by atoms with Crippen LogP contribution in [0, 0.1) is 0 Å². The molecule has 2 aliphatic rings. The van der Waals surface area contributed by atoms with Crippen molar-refractivity contribution in [3.63, 3.8) is 0 Å². The Kier molecular flexibility index (Phi) is 2.89. The van der Waals surface area contributed by atoms with Crippen LogP contribution in [0.3, 0.4) is 0 Å². The van der Waals surface area contributed by atoms with Gasteiger partial charge in [0.2, 0.25) is 0 Å². The number of hydrogen-bond acceptors (Lipinski definition) is 1. The van der Waals surface area contributed by atoms with E-state index >= 15 is 0 Å². The number of rotatable bonds is 2. The zero-order valence-electron chi connectivity index (χ0n) is 10.7. The Bertz CT molecular complexity index is 470. The molecule has 3 rings (SSSR count). The summed E-state index contributed by atoms with van der Waals surface area (Å²) >= 11 is 0. The Balaban J connectivity index is 2.11. The van der Waals surface area contributed by atoms with Crippen molar-refractivity contribution in [3.8, 4) is 0 Å². The van der Waals surface area contributed by atoms with Gasteiger partial charge in [-0.25, -0.2) is 0 Å². The summed E-state index contributed by atoms with van der Waals surface area (Å²) in [5.41, 5.74) is 3.28. The molecule has 1 fully saturated rings. The maximum atomic E-state index is 11.9. The predicted molar refractivity (Wildman–Crippen MR) is 70.9 cm³/mol. The van der Waals surface area contributed by atoms with Crippen molar-refractivity contribution in [2.75, 3.05) is 0 Å². The molecule has 1 N–H and O–H groups in total. The van der Waals surface area contributed by atoms with Crippen molar-refractivity contribution < 1.29 is 9.90 Å². The number of fused-ring (bicyclic) bond motifs is 1. The van der Waals surface area contributed by atoms with Gasteiger partial charge in [0.05, 0.1) is 5.41 Å². The number of carbonyl (C=O) groups is 1. The molecule has 1 saturated carbocycles. The van der Waals surface area contributed by atoms with Crippen LogP contribution in [0.2, 0.25) is 0 Å². The molecule has 2 aliphatic carbocycles. The summed E-state index contributed by atoms with van der Waals surface area (Å²) in [5, 5.41) is 9.77. The Hall–Kier alpha value is -1.31. The van der Waals surface area contributed by atoms with E-state index in [0.717, 1.165) is 44.1 Å². The minimum absolute atomic E-state index is 0.589. The van der Waals surface area contributed by atoms with E-state index in [4.69, 9.17) is 0 Å². The van der Waals surface area contributed by atoms with E-state index < -0.39 is 11.4 Å². The van der Waals surface area contributed by atoms with Gasteiger partial charge in [-0.1, -0.05) is 37.5 Å². The summed E-state index contributed by atoms with van der Waals surface area (Å²) in [7, 11) is 0. The molecule has 0 saturated heterocycles. The molecule has 0 heterocycles. The van der Waals surface area contributed by atoms with Crippen molar-refractivity contribution in [2.45, 2.75) is 56.8 Å². The van der Waals surface area contributed by atoms with Crippen LogP contribution < -0.4 is 0 Å². The minimum atomic E-state index is -0.609. The maximum Gasteiger partial charge on any atom is 0.314 e. The molecule has 2 heteroatoms. The average Bonchev–Trinajstić information content (AvgIpc) is 2.87. The average molecular weight is 244 g/mol. The molecular formula is C16H20O2. The third-order valence-electron chi connectivity index (χ3n) is 4.78. The fourth-order valence-electron chi connectivity index (χ4n) is 3.82. The number of carboxylic acids is 1. The first-order valence-electron chi connectivity index (χ1n) is 7.09. The largest absolute Gasteiger partial charge is 0.481 e. The van der Waals surface area contributed by atoms with E-state index in [2.05, 4.69) is 18.2 Å². The summed E-state index contributed by atoms with van der Waals surface area (Å²) in [5.74, 6) is -0.609. The second kappa shape index (κ2) is 4.42. The molecule has 0 bridgehead atoms. The van der Waals surface area contributed by atoms with Crippen LogP contribution >= 0.6 is 0 Å². The molecule has 0 atom stereocenters. The standard InChI is InChI=1S/C16H20O2/c17-15(18)16(10-2-1-3-11-16)14-9-5-7-12-6-4-8-13(12)14/h5,7,9H,1-4,6,8,10-11H2,(H,17,18). The first-order valence-corrected chi connectivity index (χ1v) is 7.09. The van der Waals surface area contributed by atoms with Crippen molar-refractivity contribution >= 4 is 5.97 Å². The maximum absolute atomic E-state index is 11.9. The molecule has 1 aromatic carbocycles. The molecule has 0 unspecified atom stereocenters. The van der Waals surface area contributed by atoms with Gasteiger partial charge in [-0.3, -0.25) is 4.79 Å². The molecule has 2 nitrogen and oxygen atoms in total. The van der Waals surface area contributed by atoms with Crippen molar-refractivity contribution in [2.24, 2.45) is 0 Å². The fraction of sp³-hybridized carbons (Fsp3) is 0.562. The van der Waals surface area contributed by atoms with Crippen molar-refractivity contribution in [1.29, 1.82) is 0 Å². The van der Waals surface area contributed by atoms with Gasteiger partial charge in [-0.05, 0) is 48.8 Å². The summed E-state index contributed by atoms with van der Waals surface area (Å²) < 4.78 is 0. The highest BCUT2D eigenvalue weighted by Crippen LogP contribution is 2.43. The van der Waals surface area contributed by atoms with Gasteiger partial charge in [0.25, 0.3) is 0 Å². The quantitative estimate of drug-likeness (QED) is 0.865. The highest BCUT2D eigenvalue weighted by atomic mass is 16.4. The molecule has 0 spiro atoms.